The van der Waals surface area contributed by atoms with E-state index in [0.717, 1.165) is 25.7 Å². The van der Waals surface area contributed by atoms with Gasteiger partial charge in [-0.3, -0.25) is 4.79 Å². The van der Waals surface area contributed by atoms with Crippen LogP contribution in [0.4, 0.5) is 5.82 Å². The molecule has 0 unspecified atom stereocenters. The number of primary amides is 1. The van der Waals surface area contributed by atoms with Gasteiger partial charge in [0.1, 0.15) is 11.4 Å². The zero-order chi connectivity index (χ0) is 13.8. The summed E-state index contributed by atoms with van der Waals surface area (Å²) in [5.41, 5.74) is 11.4. The van der Waals surface area contributed by atoms with Crippen LogP contribution in [-0.2, 0) is 0 Å². The third-order valence-corrected chi connectivity index (χ3v) is 3.44. The monoisotopic (exact) mass is 264 g/mol. The Balaban J connectivity index is 2.07. The van der Waals surface area contributed by atoms with Crippen LogP contribution < -0.4 is 21.5 Å². The van der Waals surface area contributed by atoms with Crippen molar-refractivity contribution in [3.05, 3.63) is 17.7 Å². The maximum absolute atomic E-state index is 11.2. The number of pyridine rings is 1. The van der Waals surface area contributed by atoms with Crippen molar-refractivity contribution in [3.8, 4) is 5.88 Å². The van der Waals surface area contributed by atoms with Crippen molar-refractivity contribution in [2.45, 2.75) is 37.8 Å². The van der Waals surface area contributed by atoms with Gasteiger partial charge in [-0.2, -0.15) is 4.98 Å². The molecule has 1 amide bonds. The summed E-state index contributed by atoms with van der Waals surface area (Å²) in [5.74, 6) is 0.409. The summed E-state index contributed by atoms with van der Waals surface area (Å²) in [5, 5.41) is 3.34. The highest BCUT2D eigenvalue weighted by atomic mass is 16.5. The summed E-state index contributed by atoms with van der Waals surface area (Å²) in [7, 11) is 1.47. The first-order valence-electron chi connectivity index (χ1n) is 6.47. The lowest BCUT2D eigenvalue weighted by Gasteiger charge is -2.27. The van der Waals surface area contributed by atoms with Gasteiger partial charge < -0.3 is 21.5 Å². The maximum Gasteiger partial charge on any atom is 0.254 e. The predicted molar refractivity (Wildman–Crippen MR) is 73.2 cm³/mol. The van der Waals surface area contributed by atoms with Crippen molar-refractivity contribution in [1.82, 2.24) is 4.98 Å². The Morgan fingerprint density at radius 3 is 2.63 bits per heavy atom. The average Bonchev–Trinajstić information content (AvgIpc) is 2.41. The first-order chi connectivity index (χ1) is 9.10. The molecular formula is C13H20N4O2. The van der Waals surface area contributed by atoms with E-state index in [1.807, 2.05) is 0 Å². The topological polar surface area (TPSA) is 103 Å². The Labute approximate surface area is 112 Å². The van der Waals surface area contributed by atoms with Crippen LogP contribution in [0.5, 0.6) is 5.88 Å². The van der Waals surface area contributed by atoms with Gasteiger partial charge >= 0.3 is 0 Å². The number of carbonyl (C=O) groups excluding carboxylic acids is 1. The van der Waals surface area contributed by atoms with Crippen LogP contribution in [0.1, 0.15) is 36.0 Å². The molecule has 1 aromatic heterocycles. The molecule has 0 saturated heterocycles. The number of amides is 1. The molecule has 0 spiro atoms. The standard InChI is InChI=1S/C13H20N4O2/c1-19-13-10(12(15)18)6-7-11(17-13)16-9-4-2-8(14)3-5-9/h6-9H,2-5,14H2,1H3,(H2,15,18)(H,16,17). The van der Waals surface area contributed by atoms with Gasteiger partial charge in [-0.1, -0.05) is 0 Å². The molecule has 1 aliphatic carbocycles. The first-order valence-corrected chi connectivity index (χ1v) is 6.47. The number of ether oxygens (including phenoxy) is 1. The van der Waals surface area contributed by atoms with Crippen molar-refractivity contribution < 1.29 is 9.53 Å². The minimum Gasteiger partial charge on any atom is -0.480 e. The lowest BCUT2D eigenvalue weighted by Crippen LogP contribution is -2.33. The van der Waals surface area contributed by atoms with E-state index < -0.39 is 5.91 Å². The van der Waals surface area contributed by atoms with Crippen LogP contribution in [0.2, 0.25) is 0 Å². The predicted octanol–water partition coefficient (Wildman–Crippen LogP) is 0.871. The van der Waals surface area contributed by atoms with Gasteiger partial charge in [0.05, 0.1) is 7.11 Å². The van der Waals surface area contributed by atoms with Crippen LogP contribution in [0.3, 0.4) is 0 Å². The fourth-order valence-corrected chi connectivity index (χ4v) is 2.34. The molecule has 6 nitrogen and oxygen atoms in total. The van der Waals surface area contributed by atoms with E-state index in [2.05, 4.69) is 10.3 Å². The Morgan fingerprint density at radius 2 is 2.05 bits per heavy atom. The third-order valence-electron chi connectivity index (χ3n) is 3.44. The highest BCUT2D eigenvalue weighted by Gasteiger charge is 2.19. The second-order valence-corrected chi connectivity index (χ2v) is 4.87. The maximum atomic E-state index is 11.2. The Hall–Kier alpha value is -1.82. The number of hydrogen-bond acceptors (Lipinski definition) is 5. The van der Waals surface area contributed by atoms with Crippen molar-refractivity contribution >= 4 is 11.7 Å². The van der Waals surface area contributed by atoms with Crippen molar-refractivity contribution in [2.75, 3.05) is 12.4 Å². The number of hydrogen-bond donors (Lipinski definition) is 3. The summed E-state index contributed by atoms with van der Waals surface area (Å²) in [6.07, 6.45) is 4.10. The summed E-state index contributed by atoms with van der Waals surface area (Å²) < 4.78 is 5.08. The lowest BCUT2D eigenvalue weighted by molar-refractivity contribution is 0.0996. The molecule has 5 N–H and O–H groups in total. The summed E-state index contributed by atoms with van der Waals surface area (Å²) in [6.45, 7) is 0. The van der Waals surface area contributed by atoms with E-state index >= 15 is 0 Å². The van der Waals surface area contributed by atoms with E-state index in [1.165, 1.54) is 7.11 Å². The number of nitrogens with zero attached hydrogens (tertiary/aromatic N) is 1. The number of nitrogens with two attached hydrogens (primary N) is 2. The van der Waals surface area contributed by atoms with Crippen LogP contribution >= 0.6 is 0 Å². The van der Waals surface area contributed by atoms with Crippen LogP contribution in [0, 0.1) is 0 Å². The highest BCUT2D eigenvalue weighted by Crippen LogP contribution is 2.23. The zero-order valence-corrected chi connectivity index (χ0v) is 11.1. The van der Waals surface area contributed by atoms with Gasteiger partial charge in [-0.05, 0) is 37.8 Å². The van der Waals surface area contributed by atoms with E-state index in [4.69, 9.17) is 16.2 Å². The fraction of sp³-hybridized carbons (Fsp3) is 0.538. The molecule has 0 aromatic carbocycles. The molecule has 2 rings (SSSR count). The molecule has 1 saturated carbocycles. The molecular weight excluding hydrogens is 244 g/mol. The molecule has 1 fully saturated rings. The SMILES string of the molecule is COc1nc(NC2CCC(N)CC2)ccc1C(N)=O. The van der Waals surface area contributed by atoms with Gasteiger partial charge in [0.25, 0.3) is 5.91 Å². The van der Waals surface area contributed by atoms with Crippen molar-refractivity contribution in [3.63, 3.8) is 0 Å². The molecule has 19 heavy (non-hydrogen) atoms. The third kappa shape index (κ3) is 3.35. The fourth-order valence-electron chi connectivity index (χ4n) is 2.34. The minimum absolute atomic E-state index is 0.255. The average molecular weight is 264 g/mol. The molecule has 0 bridgehead atoms. The minimum atomic E-state index is -0.542. The number of nitrogens with one attached hydrogen (secondary N) is 1. The van der Waals surface area contributed by atoms with Gasteiger partial charge in [0, 0.05) is 12.1 Å². The van der Waals surface area contributed by atoms with E-state index in [1.54, 1.807) is 12.1 Å². The van der Waals surface area contributed by atoms with Gasteiger partial charge in [0.2, 0.25) is 5.88 Å². The smallest absolute Gasteiger partial charge is 0.254 e. The Kier molecular flexibility index (Phi) is 4.21. The first kappa shape index (κ1) is 13.6. The number of methoxy groups -OCH3 is 1. The van der Waals surface area contributed by atoms with Gasteiger partial charge in [-0.15, -0.1) is 0 Å². The lowest BCUT2D eigenvalue weighted by atomic mass is 9.92. The number of aromatic nitrogens is 1. The molecule has 1 aromatic rings. The van der Waals surface area contributed by atoms with E-state index in [0.29, 0.717) is 23.5 Å². The molecule has 104 valence electrons. The molecule has 0 aliphatic heterocycles. The van der Waals surface area contributed by atoms with Gasteiger partial charge in [-0.25, -0.2) is 0 Å². The number of rotatable bonds is 4. The van der Waals surface area contributed by atoms with Gasteiger partial charge in [0.15, 0.2) is 0 Å². The zero-order valence-electron chi connectivity index (χ0n) is 11.1. The molecule has 6 heteroatoms. The number of carbonyl (C=O) groups is 1. The second-order valence-electron chi connectivity index (χ2n) is 4.87. The molecule has 0 radical (unpaired) electrons. The Bertz CT molecular complexity index is 456. The molecule has 1 heterocycles. The van der Waals surface area contributed by atoms with E-state index in [9.17, 15) is 4.79 Å². The Morgan fingerprint density at radius 1 is 1.37 bits per heavy atom. The van der Waals surface area contributed by atoms with Crippen LogP contribution in [-0.4, -0.2) is 30.1 Å². The normalized spacial score (nSPS) is 22.8. The second kappa shape index (κ2) is 5.88. The summed E-state index contributed by atoms with van der Waals surface area (Å²) in [6, 6.07) is 4.07. The van der Waals surface area contributed by atoms with Crippen LogP contribution in [0.25, 0.3) is 0 Å². The summed E-state index contributed by atoms with van der Waals surface area (Å²) >= 11 is 0. The summed E-state index contributed by atoms with van der Waals surface area (Å²) in [4.78, 5) is 15.4. The quantitative estimate of drug-likeness (QED) is 0.748. The van der Waals surface area contributed by atoms with E-state index in [-0.39, 0.29) is 5.88 Å². The van der Waals surface area contributed by atoms with Crippen molar-refractivity contribution in [2.24, 2.45) is 11.5 Å². The van der Waals surface area contributed by atoms with Crippen molar-refractivity contribution in [1.29, 1.82) is 0 Å². The number of anilines is 1. The largest absolute Gasteiger partial charge is 0.480 e. The molecule has 0 atom stereocenters. The molecule has 1 aliphatic rings. The van der Waals surface area contributed by atoms with Crippen LogP contribution in [0.15, 0.2) is 12.1 Å². The highest BCUT2D eigenvalue weighted by molar-refractivity contribution is 5.95.